The average Bonchev–Trinajstić information content (AvgIpc) is 2.77. The first-order valence-corrected chi connectivity index (χ1v) is 12.3. The van der Waals surface area contributed by atoms with Crippen LogP contribution in [0, 0.1) is 23.7 Å². The Morgan fingerprint density at radius 3 is 2.27 bits per heavy atom. The third-order valence-corrected chi connectivity index (χ3v) is 7.06. The fraction of sp³-hybridized carbons (Fsp3) is 0.517. The van der Waals surface area contributed by atoms with Crippen molar-refractivity contribution in [3.05, 3.63) is 65.8 Å². The molecule has 4 heteroatoms. The van der Waals surface area contributed by atoms with E-state index in [1.807, 2.05) is 30.3 Å². The Morgan fingerprint density at radius 1 is 0.970 bits per heavy atom. The Kier molecular flexibility index (Phi) is 9.11. The maximum absolute atomic E-state index is 12.6. The quantitative estimate of drug-likeness (QED) is 0.291. The number of hydrogen-bond acceptors (Lipinski definition) is 4. The second-order valence-electron chi connectivity index (χ2n) is 9.81. The Morgan fingerprint density at radius 2 is 1.64 bits per heavy atom. The summed E-state index contributed by atoms with van der Waals surface area (Å²) < 4.78 is 11.6. The van der Waals surface area contributed by atoms with Gasteiger partial charge in [-0.25, -0.2) is 4.79 Å². The first-order chi connectivity index (χ1) is 15.8. The van der Waals surface area contributed by atoms with Gasteiger partial charge in [0, 0.05) is 25.8 Å². The van der Waals surface area contributed by atoms with E-state index in [-0.39, 0.29) is 24.1 Å². The number of benzene rings is 1. The lowest BCUT2D eigenvalue weighted by molar-refractivity contribution is -0.148. The lowest BCUT2D eigenvalue weighted by Gasteiger charge is -2.42. The molecule has 4 nitrogen and oxygen atoms in total. The molecule has 0 aliphatic heterocycles. The maximum Gasteiger partial charge on any atom is 0.331 e. The van der Waals surface area contributed by atoms with Gasteiger partial charge in [0.25, 0.3) is 0 Å². The highest BCUT2D eigenvalue weighted by atomic mass is 16.5. The summed E-state index contributed by atoms with van der Waals surface area (Å²) in [6.07, 6.45) is 13.6. The van der Waals surface area contributed by atoms with Crippen molar-refractivity contribution in [1.29, 1.82) is 0 Å². The smallest absolute Gasteiger partial charge is 0.331 e. The number of fused-ring (bicyclic) bond motifs is 1. The van der Waals surface area contributed by atoms with Gasteiger partial charge in [-0.2, -0.15) is 0 Å². The summed E-state index contributed by atoms with van der Waals surface area (Å²) >= 11 is 0. The molecule has 5 atom stereocenters. The van der Waals surface area contributed by atoms with Crippen LogP contribution in [0.15, 0.2) is 60.2 Å². The normalized spacial score (nSPS) is 29.1. The number of carbonyl (C=O) groups excluding carboxylic acids is 2. The zero-order valence-electron chi connectivity index (χ0n) is 20.4. The van der Waals surface area contributed by atoms with Crippen LogP contribution in [-0.4, -0.2) is 24.1 Å². The van der Waals surface area contributed by atoms with Crippen LogP contribution in [0.2, 0.25) is 0 Å². The molecule has 3 rings (SSSR count). The summed E-state index contributed by atoms with van der Waals surface area (Å²) in [5, 5.41) is 0. The highest BCUT2D eigenvalue weighted by molar-refractivity contribution is 5.87. The lowest BCUT2D eigenvalue weighted by atomic mass is 9.64. The van der Waals surface area contributed by atoms with E-state index in [1.165, 1.54) is 18.6 Å². The van der Waals surface area contributed by atoms with Crippen molar-refractivity contribution in [2.24, 2.45) is 23.7 Å². The average molecular weight is 451 g/mol. The minimum Gasteiger partial charge on any atom is -0.462 e. The van der Waals surface area contributed by atoms with E-state index in [9.17, 15) is 9.59 Å². The number of hydrogen-bond donors (Lipinski definition) is 0. The van der Waals surface area contributed by atoms with E-state index < -0.39 is 0 Å². The Hall–Kier alpha value is -2.62. The van der Waals surface area contributed by atoms with Gasteiger partial charge in [0.1, 0.15) is 12.2 Å². The molecule has 0 fully saturated rings. The fourth-order valence-electron chi connectivity index (χ4n) is 5.38. The standard InChI is InChI=1S/C29H38O4/c1-20(2)26-16-14-21(3)27-18-25(33-29(31)17-15-23-10-6-5-7-11-23)13-9-8-12-24(19-28(26)27)32-22(4)30/h5-11,14-15,17,20,24-28H,12-13,16,18-19H2,1-4H3/b9-8-,17-15+. The predicted octanol–water partition coefficient (Wildman–Crippen LogP) is 6.53. The molecule has 0 saturated heterocycles. The lowest BCUT2D eigenvalue weighted by Crippen LogP contribution is -2.37. The first-order valence-electron chi connectivity index (χ1n) is 12.3. The molecule has 0 spiro atoms. The zero-order chi connectivity index (χ0) is 23.8. The fourth-order valence-corrected chi connectivity index (χ4v) is 5.38. The molecule has 5 unspecified atom stereocenters. The summed E-state index contributed by atoms with van der Waals surface area (Å²) in [5.41, 5.74) is 2.34. The molecular weight excluding hydrogens is 412 g/mol. The van der Waals surface area contributed by atoms with Crippen LogP contribution in [0.3, 0.4) is 0 Å². The van der Waals surface area contributed by atoms with E-state index in [2.05, 4.69) is 39.0 Å². The Labute approximate surface area is 198 Å². The third-order valence-electron chi connectivity index (χ3n) is 7.06. The second kappa shape index (κ2) is 12.0. The third kappa shape index (κ3) is 7.45. The molecule has 2 aliphatic rings. The van der Waals surface area contributed by atoms with Crippen molar-refractivity contribution in [2.45, 2.75) is 72.0 Å². The van der Waals surface area contributed by atoms with E-state index in [0.29, 0.717) is 36.5 Å². The molecule has 178 valence electrons. The monoisotopic (exact) mass is 450 g/mol. The molecular formula is C29H38O4. The molecule has 2 aliphatic carbocycles. The van der Waals surface area contributed by atoms with Crippen LogP contribution in [0.25, 0.3) is 6.08 Å². The number of ether oxygens (including phenoxy) is 2. The maximum atomic E-state index is 12.6. The summed E-state index contributed by atoms with van der Waals surface area (Å²) in [7, 11) is 0. The first kappa shape index (κ1) is 25.0. The molecule has 0 N–H and O–H groups in total. The molecule has 0 bridgehead atoms. The molecule has 0 saturated carbocycles. The summed E-state index contributed by atoms with van der Waals surface area (Å²) in [6.45, 7) is 8.25. The van der Waals surface area contributed by atoms with Gasteiger partial charge in [0.2, 0.25) is 0 Å². The van der Waals surface area contributed by atoms with Gasteiger partial charge in [-0.3, -0.25) is 4.79 Å². The van der Waals surface area contributed by atoms with E-state index >= 15 is 0 Å². The van der Waals surface area contributed by atoms with Crippen LogP contribution in [0.1, 0.15) is 65.4 Å². The Bertz CT molecular complexity index is 880. The minimum absolute atomic E-state index is 0.105. The van der Waals surface area contributed by atoms with Crippen molar-refractivity contribution >= 4 is 18.0 Å². The molecule has 0 amide bonds. The van der Waals surface area contributed by atoms with Crippen molar-refractivity contribution in [3.8, 4) is 0 Å². The van der Waals surface area contributed by atoms with Crippen molar-refractivity contribution in [2.75, 3.05) is 0 Å². The van der Waals surface area contributed by atoms with Crippen LogP contribution in [0.4, 0.5) is 0 Å². The molecule has 1 aromatic rings. The van der Waals surface area contributed by atoms with Gasteiger partial charge < -0.3 is 9.47 Å². The van der Waals surface area contributed by atoms with E-state index in [0.717, 1.165) is 24.8 Å². The molecule has 1 aromatic carbocycles. The van der Waals surface area contributed by atoms with E-state index in [4.69, 9.17) is 9.47 Å². The number of carbonyl (C=O) groups is 2. The number of allylic oxidation sites excluding steroid dienone is 2. The van der Waals surface area contributed by atoms with Gasteiger partial charge in [0.05, 0.1) is 0 Å². The van der Waals surface area contributed by atoms with Gasteiger partial charge in [0.15, 0.2) is 0 Å². The topological polar surface area (TPSA) is 52.6 Å². The summed E-state index contributed by atoms with van der Waals surface area (Å²) in [6, 6.07) is 9.77. The SMILES string of the molecule is CC(=O)OC1C/C=C\CC(OC(=O)/C=C/c2ccccc2)CC2C(C)=CCC(C(C)C)C2C1. The zero-order valence-corrected chi connectivity index (χ0v) is 20.4. The highest BCUT2D eigenvalue weighted by Gasteiger charge is 2.38. The van der Waals surface area contributed by atoms with Crippen LogP contribution in [-0.2, 0) is 19.1 Å². The van der Waals surface area contributed by atoms with Gasteiger partial charge >= 0.3 is 11.9 Å². The van der Waals surface area contributed by atoms with Crippen molar-refractivity contribution in [1.82, 2.24) is 0 Å². The summed E-state index contributed by atoms with van der Waals surface area (Å²) in [4.78, 5) is 24.3. The molecule has 33 heavy (non-hydrogen) atoms. The number of esters is 2. The largest absolute Gasteiger partial charge is 0.462 e. The second-order valence-corrected chi connectivity index (χ2v) is 9.81. The van der Waals surface area contributed by atoms with Crippen LogP contribution < -0.4 is 0 Å². The van der Waals surface area contributed by atoms with Gasteiger partial charge in [-0.15, -0.1) is 0 Å². The van der Waals surface area contributed by atoms with Gasteiger partial charge in [-0.1, -0.05) is 68.0 Å². The van der Waals surface area contributed by atoms with E-state index in [1.54, 1.807) is 6.08 Å². The molecule has 0 radical (unpaired) electrons. The van der Waals surface area contributed by atoms with Crippen LogP contribution in [0.5, 0.6) is 0 Å². The Balaban J connectivity index is 1.80. The highest BCUT2D eigenvalue weighted by Crippen LogP contribution is 2.44. The molecule has 0 aromatic heterocycles. The van der Waals surface area contributed by atoms with Gasteiger partial charge in [-0.05, 0) is 61.5 Å². The van der Waals surface area contributed by atoms with Crippen molar-refractivity contribution in [3.63, 3.8) is 0 Å². The summed E-state index contributed by atoms with van der Waals surface area (Å²) in [5.74, 6) is 1.24. The predicted molar refractivity (Wildman–Crippen MR) is 132 cm³/mol. The number of rotatable bonds is 5. The van der Waals surface area contributed by atoms with Crippen LogP contribution >= 0.6 is 0 Å². The molecule has 0 heterocycles. The van der Waals surface area contributed by atoms with Crippen molar-refractivity contribution < 1.29 is 19.1 Å². The minimum atomic E-state index is -0.304.